The normalized spacial score (nSPS) is 20.8. The number of nitrogens with one attached hydrogen (secondary N) is 1. The van der Waals surface area contributed by atoms with Crippen LogP contribution in [0.15, 0.2) is 12.4 Å². The molecule has 0 aromatic carbocycles. The van der Waals surface area contributed by atoms with E-state index in [1.165, 1.54) is 18.4 Å². The van der Waals surface area contributed by atoms with Crippen LogP contribution >= 0.6 is 24.8 Å². The summed E-state index contributed by atoms with van der Waals surface area (Å²) in [6.45, 7) is 3.22. The highest BCUT2D eigenvalue weighted by Gasteiger charge is 2.28. The zero-order chi connectivity index (χ0) is 13.2. The van der Waals surface area contributed by atoms with Crippen LogP contribution in [0.4, 0.5) is 0 Å². The molecule has 5 nitrogen and oxygen atoms in total. The number of aromatic nitrogens is 2. The molecule has 1 unspecified atom stereocenters. The molecule has 1 aliphatic carbocycles. The predicted octanol–water partition coefficient (Wildman–Crippen LogP) is 1.58. The monoisotopic (exact) mass is 334 g/mol. The molecule has 3 rings (SSSR count). The van der Waals surface area contributed by atoms with E-state index in [0.29, 0.717) is 12.5 Å². The number of hydrogen-bond acceptors (Lipinski definition) is 3. The third-order valence-corrected chi connectivity index (χ3v) is 4.14. The van der Waals surface area contributed by atoms with Gasteiger partial charge in [0.2, 0.25) is 5.91 Å². The number of likely N-dealkylation sites (tertiary alicyclic amines) is 1. The van der Waals surface area contributed by atoms with E-state index in [1.807, 2.05) is 22.8 Å². The Kier molecular flexibility index (Phi) is 6.97. The molecule has 1 saturated carbocycles. The van der Waals surface area contributed by atoms with E-state index >= 15 is 0 Å². The van der Waals surface area contributed by atoms with Gasteiger partial charge in [0.15, 0.2) is 0 Å². The number of halogens is 2. The van der Waals surface area contributed by atoms with Crippen molar-refractivity contribution in [3.8, 4) is 0 Å². The first-order valence-electron chi connectivity index (χ1n) is 7.19. The maximum atomic E-state index is 12.1. The van der Waals surface area contributed by atoms with Crippen molar-refractivity contribution >= 4 is 30.7 Å². The molecule has 1 saturated heterocycles. The number of hydrogen-bond donors (Lipinski definition) is 1. The summed E-state index contributed by atoms with van der Waals surface area (Å²) in [5, 5.41) is 7.48. The number of aryl methyl sites for hydroxylation is 1. The average molecular weight is 335 g/mol. The van der Waals surface area contributed by atoms with E-state index in [9.17, 15) is 4.79 Å². The summed E-state index contributed by atoms with van der Waals surface area (Å²) in [4.78, 5) is 14.1. The quantitative estimate of drug-likeness (QED) is 0.889. The molecule has 2 fully saturated rings. The number of carbonyl (C=O) groups is 1. The first kappa shape index (κ1) is 18.3. The van der Waals surface area contributed by atoms with E-state index in [1.54, 1.807) is 0 Å². The number of nitrogens with zero attached hydrogens (tertiary/aromatic N) is 3. The Labute approximate surface area is 138 Å². The third kappa shape index (κ3) is 4.87. The van der Waals surface area contributed by atoms with Gasteiger partial charge in [0, 0.05) is 32.3 Å². The van der Waals surface area contributed by atoms with E-state index in [-0.39, 0.29) is 30.7 Å². The molecule has 120 valence electrons. The Balaban J connectivity index is 0.00000110. The molecule has 1 aromatic heterocycles. The SMILES string of the molecule is Cl.Cl.Cn1cc(C2CCN(C(=O)CNCC3CC3)C2)cn1. The fraction of sp³-hybridized carbons (Fsp3) is 0.714. The van der Waals surface area contributed by atoms with Gasteiger partial charge in [-0.25, -0.2) is 0 Å². The summed E-state index contributed by atoms with van der Waals surface area (Å²) in [6.07, 6.45) is 7.69. The number of carbonyl (C=O) groups excluding carboxylic acids is 1. The van der Waals surface area contributed by atoms with Crippen molar-refractivity contribution in [2.45, 2.75) is 25.2 Å². The van der Waals surface area contributed by atoms with Gasteiger partial charge in [-0.1, -0.05) is 0 Å². The van der Waals surface area contributed by atoms with E-state index in [4.69, 9.17) is 0 Å². The maximum Gasteiger partial charge on any atom is 0.236 e. The lowest BCUT2D eigenvalue weighted by Crippen LogP contribution is -2.37. The standard InChI is InChI=1S/C14H22N4O.2ClH/c1-17-9-13(7-16-17)12-4-5-18(10-12)14(19)8-15-6-11-2-3-11;;/h7,9,11-12,15H,2-6,8,10H2,1H3;2*1H. The number of amides is 1. The smallest absolute Gasteiger partial charge is 0.236 e. The van der Waals surface area contributed by atoms with Gasteiger partial charge in [0.1, 0.15) is 0 Å². The summed E-state index contributed by atoms with van der Waals surface area (Å²) < 4.78 is 1.83. The van der Waals surface area contributed by atoms with Gasteiger partial charge in [0.05, 0.1) is 12.7 Å². The van der Waals surface area contributed by atoms with E-state index in [0.717, 1.165) is 32.0 Å². The zero-order valence-electron chi connectivity index (χ0n) is 12.3. The van der Waals surface area contributed by atoms with Crippen LogP contribution in [-0.2, 0) is 11.8 Å². The molecule has 21 heavy (non-hydrogen) atoms. The molecule has 0 spiro atoms. The van der Waals surface area contributed by atoms with Crippen molar-refractivity contribution in [1.82, 2.24) is 20.0 Å². The van der Waals surface area contributed by atoms with Crippen molar-refractivity contribution in [1.29, 1.82) is 0 Å². The van der Waals surface area contributed by atoms with Crippen LogP contribution in [0, 0.1) is 5.92 Å². The third-order valence-electron chi connectivity index (χ3n) is 4.14. The van der Waals surface area contributed by atoms with Gasteiger partial charge in [-0.3, -0.25) is 9.48 Å². The van der Waals surface area contributed by atoms with Crippen LogP contribution in [0.1, 0.15) is 30.7 Å². The Bertz CT molecular complexity index is 462. The van der Waals surface area contributed by atoms with Gasteiger partial charge < -0.3 is 10.2 Å². The Hall–Kier alpha value is -0.780. The summed E-state index contributed by atoms with van der Waals surface area (Å²) in [6, 6.07) is 0. The zero-order valence-corrected chi connectivity index (χ0v) is 14.0. The topological polar surface area (TPSA) is 50.2 Å². The highest BCUT2D eigenvalue weighted by atomic mass is 35.5. The van der Waals surface area contributed by atoms with Crippen LogP contribution in [0.2, 0.25) is 0 Å². The van der Waals surface area contributed by atoms with E-state index < -0.39 is 0 Å². The van der Waals surface area contributed by atoms with Gasteiger partial charge in [-0.15, -0.1) is 24.8 Å². The van der Waals surface area contributed by atoms with E-state index in [2.05, 4.69) is 16.6 Å². The van der Waals surface area contributed by atoms with Crippen molar-refractivity contribution in [3.05, 3.63) is 18.0 Å². The van der Waals surface area contributed by atoms with Gasteiger partial charge in [0.25, 0.3) is 0 Å². The highest BCUT2D eigenvalue weighted by Crippen LogP contribution is 2.28. The first-order chi connectivity index (χ1) is 9.22. The predicted molar refractivity (Wildman–Crippen MR) is 87.2 cm³/mol. The molecule has 1 atom stereocenters. The Morgan fingerprint density at radius 2 is 2.14 bits per heavy atom. The second-order valence-electron chi connectivity index (χ2n) is 5.85. The summed E-state index contributed by atoms with van der Waals surface area (Å²) in [5.74, 6) is 1.53. The van der Waals surface area contributed by atoms with Crippen molar-refractivity contribution in [3.63, 3.8) is 0 Å². The van der Waals surface area contributed by atoms with Crippen molar-refractivity contribution in [2.75, 3.05) is 26.2 Å². The highest BCUT2D eigenvalue weighted by molar-refractivity contribution is 5.85. The molecular weight excluding hydrogens is 311 g/mol. The van der Waals surface area contributed by atoms with Gasteiger partial charge >= 0.3 is 0 Å². The number of rotatable bonds is 5. The molecule has 1 aromatic rings. The van der Waals surface area contributed by atoms with Crippen LogP contribution in [0.3, 0.4) is 0 Å². The minimum atomic E-state index is 0. The molecule has 0 bridgehead atoms. The molecular formula is C14H24Cl2N4O. The van der Waals surface area contributed by atoms with Crippen molar-refractivity contribution in [2.24, 2.45) is 13.0 Å². The second-order valence-corrected chi connectivity index (χ2v) is 5.85. The van der Waals surface area contributed by atoms with Crippen molar-refractivity contribution < 1.29 is 4.79 Å². The maximum absolute atomic E-state index is 12.1. The molecule has 2 heterocycles. The molecule has 1 aliphatic heterocycles. The molecule has 2 aliphatic rings. The van der Waals surface area contributed by atoms with Crippen LogP contribution in [0.25, 0.3) is 0 Å². The summed E-state index contributed by atoms with van der Waals surface area (Å²) >= 11 is 0. The summed E-state index contributed by atoms with van der Waals surface area (Å²) in [5.41, 5.74) is 1.25. The molecule has 1 amide bonds. The lowest BCUT2D eigenvalue weighted by Gasteiger charge is -2.16. The molecule has 0 radical (unpaired) electrons. The Morgan fingerprint density at radius 1 is 1.38 bits per heavy atom. The minimum Gasteiger partial charge on any atom is -0.341 e. The molecule has 7 heteroatoms. The minimum absolute atomic E-state index is 0. The largest absolute Gasteiger partial charge is 0.341 e. The van der Waals surface area contributed by atoms with Crippen LogP contribution in [-0.4, -0.2) is 46.8 Å². The lowest BCUT2D eigenvalue weighted by molar-refractivity contribution is -0.129. The van der Waals surface area contributed by atoms with Gasteiger partial charge in [-0.2, -0.15) is 5.10 Å². The average Bonchev–Trinajstić information content (AvgIpc) is 2.91. The Morgan fingerprint density at radius 3 is 2.76 bits per heavy atom. The van der Waals surface area contributed by atoms with Crippen LogP contribution in [0.5, 0.6) is 0 Å². The van der Waals surface area contributed by atoms with Gasteiger partial charge in [-0.05, 0) is 37.3 Å². The molecule has 1 N–H and O–H groups in total. The fourth-order valence-electron chi connectivity index (χ4n) is 2.73. The first-order valence-corrected chi connectivity index (χ1v) is 7.19. The van der Waals surface area contributed by atoms with Crippen LogP contribution < -0.4 is 5.32 Å². The fourth-order valence-corrected chi connectivity index (χ4v) is 2.73. The second kappa shape index (κ2) is 8.01. The lowest BCUT2D eigenvalue weighted by atomic mass is 10.0. The summed E-state index contributed by atoms with van der Waals surface area (Å²) in [7, 11) is 1.93.